The van der Waals surface area contributed by atoms with Crippen molar-refractivity contribution in [1.82, 2.24) is 4.90 Å². The van der Waals surface area contributed by atoms with E-state index in [0.29, 0.717) is 19.5 Å². The molecular weight excluding hydrogens is 194 g/mol. The van der Waals surface area contributed by atoms with E-state index >= 15 is 0 Å². The molecular formula is C7H13NO4S. The molecule has 1 amide bonds. The van der Waals surface area contributed by atoms with Gasteiger partial charge in [-0.25, -0.2) is 0 Å². The van der Waals surface area contributed by atoms with E-state index in [0.717, 1.165) is 6.26 Å². The van der Waals surface area contributed by atoms with E-state index in [-0.39, 0.29) is 12.0 Å². The zero-order valence-corrected chi connectivity index (χ0v) is 8.50. The summed E-state index contributed by atoms with van der Waals surface area (Å²) in [4.78, 5) is 12.5. The van der Waals surface area contributed by atoms with Crippen molar-refractivity contribution < 1.29 is 17.4 Å². The third kappa shape index (κ3) is 3.31. The van der Waals surface area contributed by atoms with Gasteiger partial charge in [0.05, 0.1) is 12.4 Å². The van der Waals surface area contributed by atoms with Gasteiger partial charge in [0.2, 0.25) is 5.91 Å². The number of carbonyl (C=O) groups is 1. The van der Waals surface area contributed by atoms with Crippen molar-refractivity contribution in [2.75, 3.05) is 19.3 Å². The predicted octanol–water partition coefficient (Wildman–Crippen LogP) is -0.417. The summed E-state index contributed by atoms with van der Waals surface area (Å²) >= 11 is 0. The summed E-state index contributed by atoms with van der Waals surface area (Å²) in [5.74, 6) is -0.0420. The van der Waals surface area contributed by atoms with Crippen LogP contribution in [0.2, 0.25) is 0 Å². The molecule has 0 aromatic rings. The number of amides is 1. The molecule has 6 heteroatoms. The molecule has 0 radical (unpaired) electrons. The molecule has 1 aliphatic heterocycles. The highest BCUT2D eigenvalue weighted by molar-refractivity contribution is 7.86. The van der Waals surface area contributed by atoms with Crippen LogP contribution in [0.15, 0.2) is 0 Å². The van der Waals surface area contributed by atoms with E-state index in [1.807, 2.05) is 0 Å². The first kappa shape index (κ1) is 10.5. The number of hydrogen-bond donors (Lipinski definition) is 0. The molecule has 0 spiro atoms. The average molecular weight is 207 g/mol. The topological polar surface area (TPSA) is 63.7 Å². The molecule has 0 unspecified atom stereocenters. The van der Waals surface area contributed by atoms with E-state index in [1.54, 1.807) is 4.90 Å². The van der Waals surface area contributed by atoms with Crippen LogP contribution in [0.3, 0.4) is 0 Å². The standard InChI is InChI=1S/C7H13NO4S/c1-6(9)8-4-3-7(5-8)12-13(2,10)11/h7H,3-5H2,1-2H3/t7-/m0/s1. The Kier molecular flexibility index (Phi) is 2.92. The molecule has 1 heterocycles. The lowest BCUT2D eigenvalue weighted by Gasteiger charge is -2.13. The van der Waals surface area contributed by atoms with Crippen LogP contribution < -0.4 is 0 Å². The van der Waals surface area contributed by atoms with Crippen LogP contribution in [0.1, 0.15) is 13.3 Å². The summed E-state index contributed by atoms with van der Waals surface area (Å²) in [5.41, 5.74) is 0. The van der Waals surface area contributed by atoms with Gasteiger partial charge in [-0.3, -0.25) is 8.98 Å². The van der Waals surface area contributed by atoms with E-state index in [4.69, 9.17) is 4.18 Å². The van der Waals surface area contributed by atoms with Crippen molar-refractivity contribution >= 4 is 16.0 Å². The Morgan fingerprint density at radius 2 is 2.15 bits per heavy atom. The first-order valence-corrected chi connectivity index (χ1v) is 5.84. The quantitative estimate of drug-likeness (QED) is 0.577. The maximum absolute atomic E-state index is 10.9. The van der Waals surface area contributed by atoms with Crippen molar-refractivity contribution in [1.29, 1.82) is 0 Å². The van der Waals surface area contributed by atoms with Gasteiger partial charge in [-0.15, -0.1) is 0 Å². The van der Waals surface area contributed by atoms with Crippen molar-refractivity contribution in [3.05, 3.63) is 0 Å². The Labute approximate surface area is 77.8 Å². The zero-order chi connectivity index (χ0) is 10.1. The summed E-state index contributed by atoms with van der Waals surface area (Å²) in [7, 11) is -3.39. The molecule has 0 saturated carbocycles. The minimum absolute atomic E-state index is 0.0420. The van der Waals surface area contributed by atoms with Gasteiger partial charge in [-0.2, -0.15) is 8.42 Å². The number of carbonyl (C=O) groups excluding carboxylic acids is 1. The zero-order valence-electron chi connectivity index (χ0n) is 7.69. The second kappa shape index (κ2) is 3.63. The van der Waals surface area contributed by atoms with Gasteiger partial charge >= 0.3 is 0 Å². The summed E-state index contributed by atoms with van der Waals surface area (Å²) in [6.07, 6.45) is 1.25. The Balaban J connectivity index is 2.47. The maximum Gasteiger partial charge on any atom is 0.264 e. The first-order valence-electron chi connectivity index (χ1n) is 4.02. The van der Waals surface area contributed by atoms with Crippen LogP contribution >= 0.6 is 0 Å². The molecule has 1 aliphatic rings. The van der Waals surface area contributed by atoms with Crippen LogP contribution in [-0.2, 0) is 19.1 Å². The number of likely N-dealkylation sites (tertiary alicyclic amines) is 1. The van der Waals surface area contributed by atoms with Crippen molar-refractivity contribution in [3.8, 4) is 0 Å². The lowest BCUT2D eigenvalue weighted by Crippen LogP contribution is -2.28. The molecule has 13 heavy (non-hydrogen) atoms. The normalized spacial score (nSPS) is 23.5. The van der Waals surface area contributed by atoms with Crippen LogP contribution in [0.5, 0.6) is 0 Å². The Hall–Kier alpha value is -0.620. The van der Waals surface area contributed by atoms with Gasteiger partial charge in [0, 0.05) is 20.0 Å². The Morgan fingerprint density at radius 3 is 2.54 bits per heavy atom. The molecule has 0 aliphatic carbocycles. The lowest BCUT2D eigenvalue weighted by atomic mass is 10.3. The van der Waals surface area contributed by atoms with Crippen LogP contribution in [0.4, 0.5) is 0 Å². The third-order valence-electron chi connectivity index (χ3n) is 1.90. The number of nitrogens with zero attached hydrogens (tertiary/aromatic N) is 1. The van der Waals surface area contributed by atoms with E-state index in [1.165, 1.54) is 6.92 Å². The molecule has 1 fully saturated rings. The van der Waals surface area contributed by atoms with Crippen molar-refractivity contribution in [2.45, 2.75) is 19.4 Å². The van der Waals surface area contributed by atoms with Crippen LogP contribution in [-0.4, -0.2) is 44.7 Å². The highest BCUT2D eigenvalue weighted by Gasteiger charge is 2.27. The first-order chi connectivity index (χ1) is 5.88. The Bertz CT molecular complexity index is 298. The van der Waals surface area contributed by atoms with Crippen LogP contribution in [0.25, 0.3) is 0 Å². The fraction of sp³-hybridized carbons (Fsp3) is 0.857. The summed E-state index contributed by atoms with van der Waals surface area (Å²) < 4.78 is 26.2. The average Bonchev–Trinajstić information content (AvgIpc) is 2.31. The minimum atomic E-state index is -3.39. The van der Waals surface area contributed by atoms with E-state index in [9.17, 15) is 13.2 Å². The smallest absolute Gasteiger partial charge is 0.264 e. The second-order valence-electron chi connectivity index (χ2n) is 3.18. The van der Waals surface area contributed by atoms with Gasteiger partial charge in [0.15, 0.2) is 0 Å². The van der Waals surface area contributed by atoms with E-state index in [2.05, 4.69) is 0 Å². The molecule has 1 atom stereocenters. The lowest BCUT2D eigenvalue weighted by molar-refractivity contribution is -0.128. The van der Waals surface area contributed by atoms with Crippen molar-refractivity contribution in [2.24, 2.45) is 0 Å². The molecule has 0 aromatic carbocycles. The van der Waals surface area contributed by atoms with E-state index < -0.39 is 10.1 Å². The second-order valence-corrected chi connectivity index (χ2v) is 4.78. The molecule has 76 valence electrons. The summed E-state index contributed by atoms with van der Waals surface area (Å²) in [6, 6.07) is 0. The summed E-state index contributed by atoms with van der Waals surface area (Å²) in [5, 5.41) is 0. The van der Waals surface area contributed by atoms with Crippen LogP contribution in [0, 0.1) is 0 Å². The molecule has 0 aromatic heterocycles. The molecule has 5 nitrogen and oxygen atoms in total. The fourth-order valence-electron chi connectivity index (χ4n) is 1.34. The Morgan fingerprint density at radius 1 is 1.54 bits per heavy atom. The molecule has 0 N–H and O–H groups in total. The number of hydrogen-bond acceptors (Lipinski definition) is 4. The van der Waals surface area contributed by atoms with Gasteiger partial charge < -0.3 is 4.90 Å². The fourth-order valence-corrected chi connectivity index (χ4v) is 1.99. The third-order valence-corrected chi connectivity index (χ3v) is 2.52. The molecule has 1 rings (SSSR count). The SMILES string of the molecule is CC(=O)N1CC[C@H](OS(C)(=O)=O)C1. The van der Waals surface area contributed by atoms with Gasteiger partial charge in [0.1, 0.15) is 0 Å². The maximum atomic E-state index is 10.9. The van der Waals surface area contributed by atoms with Gasteiger partial charge in [0.25, 0.3) is 10.1 Å². The largest absolute Gasteiger partial charge is 0.340 e. The monoisotopic (exact) mass is 207 g/mol. The number of rotatable bonds is 2. The summed E-state index contributed by atoms with van der Waals surface area (Å²) in [6.45, 7) is 2.42. The van der Waals surface area contributed by atoms with Gasteiger partial charge in [-0.1, -0.05) is 0 Å². The van der Waals surface area contributed by atoms with Gasteiger partial charge in [-0.05, 0) is 6.42 Å². The molecule has 1 saturated heterocycles. The highest BCUT2D eigenvalue weighted by Crippen LogP contribution is 2.14. The van der Waals surface area contributed by atoms with Crippen molar-refractivity contribution in [3.63, 3.8) is 0 Å². The minimum Gasteiger partial charge on any atom is -0.340 e. The highest BCUT2D eigenvalue weighted by atomic mass is 32.2. The molecule has 0 bridgehead atoms. The predicted molar refractivity (Wildman–Crippen MR) is 46.6 cm³/mol.